The lowest BCUT2D eigenvalue weighted by atomic mass is 10.1. The van der Waals surface area contributed by atoms with Crippen LogP contribution in [-0.4, -0.2) is 28.6 Å². The molecule has 110 valence electrons. The van der Waals surface area contributed by atoms with Crippen LogP contribution in [0.15, 0.2) is 28.3 Å². The van der Waals surface area contributed by atoms with E-state index in [1.165, 1.54) is 30.4 Å². The molecule has 1 heterocycles. The first-order valence-electron chi connectivity index (χ1n) is 7.14. The van der Waals surface area contributed by atoms with E-state index < -0.39 is 0 Å². The lowest BCUT2D eigenvalue weighted by Gasteiger charge is -2.07. The van der Waals surface area contributed by atoms with Crippen molar-refractivity contribution in [3.63, 3.8) is 0 Å². The number of aromatic nitrogens is 3. The molecule has 1 N–H and O–H groups in total. The Balaban J connectivity index is 1.85. The maximum absolute atomic E-state index is 5.39. The summed E-state index contributed by atoms with van der Waals surface area (Å²) in [4.78, 5) is 14.0. The van der Waals surface area contributed by atoms with Crippen molar-refractivity contribution in [2.24, 2.45) is 0 Å². The van der Waals surface area contributed by atoms with E-state index in [9.17, 15) is 0 Å². The third kappa shape index (κ3) is 3.26. The van der Waals surface area contributed by atoms with Crippen molar-refractivity contribution < 1.29 is 4.74 Å². The summed E-state index contributed by atoms with van der Waals surface area (Å²) in [6, 6.07) is 6.96. The molecule has 1 aromatic heterocycles. The fourth-order valence-corrected chi connectivity index (χ4v) is 3.21. The molecule has 0 bridgehead atoms. The predicted molar refractivity (Wildman–Crippen MR) is 83.1 cm³/mol. The molecule has 1 aliphatic carbocycles. The summed E-state index contributed by atoms with van der Waals surface area (Å²) in [6.07, 6.45) is 3.63. The largest absolute Gasteiger partial charge is 0.464 e. The summed E-state index contributed by atoms with van der Waals surface area (Å²) >= 11 is 1.54. The molecule has 21 heavy (non-hydrogen) atoms. The van der Waals surface area contributed by atoms with Crippen molar-refractivity contribution in [2.45, 2.75) is 36.2 Å². The van der Waals surface area contributed by atoms with Crippen LogP contribution in [0.5, 0.6) is 6.01 Å². The minimum absolute atomic E-state index is 0.362. The molecule has 0 aliphatic heterocycles. The molecule has 0 radical (unpaired) electrons. The molecule has 0 saturated carbocycles. The van der Waals surface area contributed by atoms with Crippen LogP contribution in [-0.2, 0) is 12.8 Å². The maximum atomic E-state index is 5.39. The zero-order valence-corrected chi connectivity index (χ0v) is 13.0. The Hall–Kier alpha value is -1.82. The Kier molecular flexibility index (Phi) is 4.24. The van der Waals surface area contributed by atoms with Gasteiger partial charge in [-0.1, -0.05) is 6.07 Å². The average Bonchev–Trinajstić information content (AvgIpc) is 2.95. The Morgan fingerprint density at radius 3 is 2.86 bits per heavy atom. The van der Waals surface area contributed by atoms with Gasteiger partial charge in [0.25, 0.3) is 0 Å². The van der Waals surface area contributed by atoms with Gasteiger partial charge in [-0.2, -0.15) is 15.0 Å². The molecule has 0 atom stereocenters. The van der Waals surface area contributed by atoms with E-state index in [1.807, 2.05) is 6.92 Å². The van der Waals surface area contributed by atoms with Gasteiger partial charge in [-0.05, 0) is 61.2 Å². The molecule has 0 amide bonds. The minimum Gasteiger partial charge on any atom is -0.464 e. The van der Waals surface area contributed by atoms with Crippen molar-refractivity contribution in [3.8, 4) is 6.01 Å². The zero-order chi connectivity index (χ0) is 14.7. The van der Waals surface area contributed by atoms with Gasteiger partial charge < -0.3 is 10.1 Å². The van der Waals surface area contributed by atoms with Gasteiger partial charge in [0.2, 0.25) is 11.1 Å². The molecule has 5 nitrogen and oxygen atoms in total. The van der Waals surface area contributed by atoms with Crippen LogP contribution in [0.3, 0.4) is 0 Å². The van der Waals surface area contributed by atoms with E-state index >= 15 is 0 Å². The summed E-state index contributed by atoms with van der Waals surface area (Å²) in [5, 5.41) is 3.59. The van der Waals surface area contributed by atoms with Crippen molar-refractivity contribution in [2.75, 3.05) is 19.0 Å². The van der Waals surface area contributed by atoms with Crippen LogP contribution in [0, 0.1) is 0 Å². The molecular formula is C15H18N4OS. The lowest BCUT2D eigenvalue weighted by molar-refractivity contribution is 0.308. The molecule has 1 aliphatic rings. The highest BCUT2D eigenvalue weighted by Gasteiger charge is 2.13. The third-order valence-electron chi connectivity index (χ3n) is 3.37. The summed E-state index contributed by atoms with van der Waals surface area (Å²) < 4.78 is 5.39. The van der Waals surface area contributed by atoms with Gasteiger partial charge >= 0.3 is 6.01 Å². The fourth-order valence-electron chi connectivity index (χ4n) is 2.41. The quantitative estimate of drug-likeness (QED) is 0.916. The molecule has 0 spiro atoms. The second kappa shape index (κ2) is 6.30. The topological polar surface area (TPSA) is 59.9 Å². The molecule has 3 rings (SSSR count). The molecule has 6 heteroatoms. The van der Waals surface area contributed by atoms with E-state index in [0.717, 1.165) is 4.90 Å². The predicted octanol–water partition coefficient (Wildman–Crippen LogP) is 2.95. The third-order valence-corrected chi connectivity index (χ3v) is 4.23. The minimum atomic E-state index is 0.362. The normalized spacial score (nSPS) is 13.0. The summed E-state index contributed by atoms with van der Waals surface area (Å²) in [5.41, 5.74) is 2.92. The summed E-state index contributed by atoms with van der Waals surface area (Å²) in [5.74, 6) is 0.525. The Bertz CT molecular complexity index is 648. The van der Waals surface area contributed by atoms with Gasteiger partial charge in [-0.25, -0.2) is 0 Å². The van der Waals surface area contributed by atoms with Gasteiger partial charge in [0.05, 0.1) is 6.61 Å². The summed E-state index contributed by atoms with van der Waals surface area (Å²) in [7, 11) is 1.79. The first-order chi connectivity index (χ1) is 10.3. The Morgan fingerprint density at radius 1 is 1.19 bits per heavy atom. The lowest BCUT2D eigenvalue weighted by Crippen LogP contribution is -2.04. The van der Waals surface area contributed by atoms with Crippen molar-refractivity contribution in [3.05, 3.63) is 29.3 Å². The number of anilines is 1. The number of nitrogens with zero attached hydrogens (tertiary/aromatic N) is 3. The van der Waals surface area contributed by atoms with Gasteiger partial charge in [-0.3, -0.25) is 0 Å². The molecule has 2 aromatic rings. The number of ether oxygens (including phenoxy) is 1. The smallest absolute Gasteiger partial charge is 0.322 e. The number of benzene rings is 1. The maximum Gasteiger partial charge on any atom is 0.322 e. The molecule has 0 saturated heterocycles. The highest BCUT2D eigenvalue weighted by atomic mass is 32.2. The van der Waals surface area contributed by atoms with Crippen LogP contribution in [0.2, 0.25) is 0 Å². The van der Waals surface area contributed by atoms with E-state index in [4.69, 9.17) is 4.74 Å². The average molecular weight is 302 g/mol. The van der Waals surface area contributed by atoms with E-state index in [0.29, 0.717) is 23.7 Å². The highest BCUT2D eigenvalue weighted by molar-refractivity contribution is 7.99. The van der Waals surface area contributed by atoms with E-state index in [1.54, 1.807) is 18.8 Å². The number of aryl methyl sites for hydroxylation is 2. The highest BCUT2D eigenvalue weighted by Crippen LogP contribution is 2.31. The number of hydrogen-bond donors (Lipinski definition) is 1. The second-order valence-electron chi connectivity index (χ2n) is 4.79. The standard InChI is InChI=1S/C15H18N4OS/c1-3-20-14-17-13(16-2)18-15(19-14)21-12-8-7-10-5-4-6-11(10)9-12/h7-9H,3-6H2,1-2H3,(H,16,17,18,19). The Morgan fingerprint density at radius 2 is 2.05 bits per heavy atom. The molecule has 0 unspecified atom stereocenters. The van der Waals surface area contributed by atoms with Crippen LogP contribution in [0.4, 0.5) is 5.95 Å². The molecule has 1 aromatic carbocycles. The monoisotopic (exact) mass is 302 g/mol. The van der Waals surface area contributed by atoms with Gasteiger partial charge in [0.1, 0.15) is 0 Å². The second-order valence-corrected chi connectivity index (χ2v) is 5.83. The first-order valence-corrected chi connectivity index (χ1v) is 7.96. The van der Waals surface area contributed by atoms with Crippen molar-refractivity contribution >= 4 is 17.7 Å². The van der Waals surface area contributed by atoms with Gasteiger partial charge in [0, 0.05) is 11.9 Å². The molecule has 0 fully saturated rings. The zero-order valence-electron chi connectivity index (χ0n) is 12.2. The van der Waals surface area contributed by atoms with Crippen molar-refractivity contribution in [1.29, 1.82) is 0 Å². The van der Waals surface area contributed by atoms with Crippen LogP contribution in [0.25, 0.3) is 0 Å². The van der Waals surface area contributed by atoms with Crippen molar-refractivity contribution in [1.82, 2.24) is 15.0 Å². The van der Waals surface area contributed by atoms with Crippen LogP contribution < -0.4 is 10.1 Å². The van der Waals surface area contributed by atoms with Gasteiger partial charge in [-0.15, -0.1) is 0 Å². The Labute approximate surface area is 128 Å². The number of hydrogen-bond acceptors (Lipinski definition) is 6. The summed E-state index contributed by atoms with van der Waals surface area (Å²) in [6.45, 7) is 2.45. The molecular weight excluding hydrogens is 284 g/mol. The van der Waals surface area contributed by atoms with Crippen LogP contribution in [0.1, 0.15) is 24.5 Å². The van der Waals surface area contributed by atoms with E-state index in [-0.39, 0.29) is 0 Å². The SMILES string of the molecule is CCOc1nc(NC)nc(Sc2ccc3c(c2)CCC3)n1. The number of nitrogens with one attached hydrogen (secondary N) is 1. The fraction of sp³-hybridized carbons (Fsp3) is 0.400. The van der Waals surface area contributed by atoms with Gasteiger partial charge in [0.15, 0.2) is 0 Å². The first kappa shape index (κ1) is 14.1. The number of rotatable bonds is 5. The van der Waals surface area contributed by atoms with Crippen LogP contribution >= 0.6 is 11.8 Å². The number of fused-ring (bicyclic) bond motifs is 1. The van der Waals surface area contributed by atoms with E-state index in [2.05, 4.69) is 38.5 Å².